The van der Waals surface area contributed by atoms with Crippen molar-refractivity contribution in [3.8, 4) is 0 Å². The van der Waals surface area contributed by atoms with Crippen LogP contribution >= 0.6 is 23.2 Å². The van der Waals surface area contributed by atoms with Crippen molar-refractivity contribution in [1.82, 2.24) is 15.1 Å². The highest BCUT2D eigenvalue weighted by Crippen LogP contribution is 2.33. The summed E-state index contributed by atoms with van der Waals surface area (Å²) < 4.78 is 0. The lowest BCUT2D eigenvalue weighted by Gasteiger charge is -2.40. The van der Waals surface area contributed by atoms with E-state index >= 15 is 0 Å². The molecule has 2 amide bonds. The van der Waals surface area contributed by atoms with E-state index < -0.39 is 6.23 Å². The second-order valence-electron chi connectivity index (χ2n) is 8.37. The minimum absolute atomic E-state index is 0.0221. The van der Waals surface area contributed by atoms with Crippen LogP contribution in [0.25, 0.3) is 0 Å². The molecule has 2 aliphatic rings. The van der Waals surface area contributed by atoms with Crippen LogP contribution in [-0.4, -0.2) is 73.5 Å². The summed E-state index contributed by atoms with van der Waals surface area (Å²) in [5.41, 5.74) is 0.964. The summed E-state index contributed by atoms with van der Waals surface area (Å²) in [6.45, 7) is 3.25. The number of anilines is 1. The number of nitrogens with zero attached hydrogens (tertiary/aromatic N) is 3. The number of urea groups is 1. The third kappa shape index (κ3) is 5.91. The molecule has 162 valence electrons. The van der Waals surface area contributed by atoms with Crippen molar-refractivity contribution < 1.29 is 9.90 Å². The average molecular weight is 443 g/mol. The first kappa shape index (κ1) is 22.5. The van der Waals surface area contributed by atoms with Gasteiger partial charge in [-0.25, -0.2) is 4.79 Å². The van der Waals surface area contributed by atoms with Gasteiger partial charge in [-0.05, 0) is 50.2 Å². The normalized spacial score (nSPS) is 24.2. The zero-order valence-corrected chi connectivity index (χ0v) is 18.8. The molecule has 0 bridgehead atoms. The molecule has 1 heterocycles. The minimum Gasteiger partial charge on any atom is -0.378 e. The average Bonchev–Trinajstić information content (AvgIpc) is 2.71. The molecule has 1 saturated heterocycles. The molecular formula is C21H32Cl2N4O2. The Bertz CT molecular complexity index is 687. The molecule has 6 nitrogen and oxygen atoms in total. The van der Waals surface area contributed by atoms with Gasteiger partial charge in [0.25, 0.3) is 0 Å². The van der Waals surface area contributed by atoms with E-state index in [0.717, 1.165) is 64.0 Å². The zero-order chi connectivity index (χ0) is 21.0. The van der Waals surface area contributed by atoms with E-state index in [1.807, 2.05) is 12.1 Å². The van der Waals surface area contributed by atoms with Crippen LogP contribution in [0.5, 0.6) is 0 Å². The molecule has 2 fully saturated rings. The van der Waals surface area contributed by atoms with Gasteiger partial charge in [0.1, 0.15) is 6.23 Å². The van der Waals surface area contributed by atoms with Crippen molar-refractivity contribution in [2.45, 2.75) is 44.4 Å². The van der Waals surface area contributed by atoms with Crippen LogP contribution < -0.4 is 10.2 Å². The molecule has 1 unspecified atom stereocenters. The molecule has 0 spiro atoms. The van der Waals surface area contributed by atoms with Crippen LogP contribution in [0.2, 0.25) is 10.0 Å². The molecule has 1 atom stereocenters. The third-order valence-electron chi connectivity index (χ3n) is 6.13. The highest BCUT2D eigenvalue weighted by molar-refractivity contribution is 6.43. The Labute approximate surface area is 183 Å². The van der Waals surface area contributed by atoms with Crippen molar-refractivity contribution >= 4 is 34.9 Å². The van der Waals surface area contributed by atoms with Crippen LogP contribution in [0.1, 0.15) is 32.1 Å². The molecule has 0 radical (unpaired) electrons. The van der Waals surface area contributed by atoms with Gasteiger partial charge >= 0.3 is 6.03 Å². The largest absolute Gasteiger partial charge is 0.378 e. The van der Waals surface area contributed by atoms with Gasteiger partial charge in [0, 0.05) is 46.3 Å². The van der Waals surface area contributed by atoms with E-state index in [1.165, 1.54) is 0 Å². The lowest BCUT2D eigenvalue weighted by atomic mass is 9.83. The molecule has 1 saturated carbocycles. The molecule has 2 N–H and O–H groups in total. The number of nitrogens with one attached hydrogen (secondary N) is 1. The molecule has 29 heavy (non-hydrogen) atoms. The maximum Gasteiger partial charge on any atom is 0.317 e. The summed E-state index contributed by atoms with van der Waals surface area (Å²) in [6.07, 6.45) is 4.45. The fraction of sp³-hybridized carbons (Fsp3) is 0.667. The summed E-state index contributed by atoms with van der Waals surface area (Å²) in [5, 5.41) is 15.0. The smallest absolute Gasteiger partial charge is 0.317 e. The maximum atomic E-state index is 11.8. The van der Waals surface area contributed by atoms with Gasteiger partial charge < -0.3 is 20.2 Å². The first-order chi connectivity index (χ1) is 13.8. The van der Waals surface area contributed by atoms with Crippen LogP contribution in [0.3, 0.4) is 0 Å². The number of carbonyl (C=O) groups excluding carboxylic acids is 1. The lowest BCUT2D eigenvalue weighted by molar-refractivity contribution is -0.0207. The molecule has 3 rings (SSSR count). The minimum atomic E-state index is -0.412. The summed E-state index contributed by atoms with van der Waals surface area (Å²) in [4.78, 5) is 17.8. The van der Waals surface area contributed by atoms with Gasteiger partial charge in [0.15, 0.2) is 0 Å². The first-order valence-corrected chi connectivity index (χ1v) is 11.2. The van der Waals surface area contributed by atoms with Crippen molar-refractivity contribution in [2.75, 3.05) is 45.2 Å². The molecule has 8 heteroatoms. The molecular weight excluding hydrogens is 411 g/mol. The highest BCUT2D eigenvalue weighted by Gasteiger charge is 2.28. The van der Waals surface area contributed by atoms with Gasteiger partial charge in [-0.15, -0.1) is 0 Å². The Morgan fingerprint density at radius 3 is 2.45 bits per heavy atom. The molecule has 1 aromatic rings. The number of aliphatic hydroxyl groups excluding tert-OH is 1. The Hall–Kier alpha value is -1.21. The van der Waals surface area contributed by atoms with Crippen molar-refractivity contribution in [2.24, 2.45) is 5.92 Å². The number of amides is 2. The predicted molar refractivity (Wildman–Crippen MR) is 119 cm³/mol. The predicted octanol–water partition coefficient (Wildman–Crippen LogP) is 3.65. The molecule has 0 aromatic heterocycles. The van der Waals surface area contributed by atoms with Crippen LogP contribution in [0.15, 0.2) is 18.2 Å². The number of carbonyl (C=O) groups is 1. The number of hydrogen-bond acceptors (Lipinski definition) is 4. The van der Waals surface area contributed by atoms with Gasteiger partial charge in [-0.2, -0.15) is 0 Å². The molecule has 1 aliphatic carbocycles. The number of piperazine rings is 1. The number of rotatable bonds is 5. The second-order valence-corrected chi connectivity index (χ2v) is 9.16. The van der Waals surface area contributed by atoms with E-state index in [-0.39, 0.29) is 12.1 Å². The Balaban J connectivity index is 1.42. The standard InChI is InChI=1S/C21H32Cl2N4O2/c1-25(2)21(29)24-16-8-6-15(7-9-16)14-19(28)27-12-10-26(11-13-27)18-5-3-4-17(22)20(18)23/h3-5,15-16,19,28H,6-14H2,1-2H3,(H,24,29). The fourth-order valence-corrected chi connectivity index (χ4v) is 4.71. The van der Waals surface area contributed by atoms with Crippen molar-refractivity contribution in [1.29, 1.82) is 0 Å². The lowest BCUT2D eigenvalue weighted by Crippen LogP contribution is -2.51. The Morgan fingerprint density at radius 1 is 1.17 bits per heavy atom. The summed E-state index contributed by atoms with van der Waals surface area (Å²) in [5.74, 6) is 0.512. The van der Waals surface area contributed by atoms with Crippen molar-refractivity contribution in [3.05, 3.63) is 28.2 Å². The second kappa shape index (κ2) is 10.2. The van der Waals surface area contributed by atoms with E-state index in [9.17, 15) is 9.90 Å². The van der Waals surface area contributed by atoms with Gasteiger partial charge in [0.05, 0.1) is 15.7 Å². The van der Waals surface area contributed by atoms with E-state index in [2.05, 4.69) is 15.1 Å². The quantitative estimate of drug-likeness (QED) is 0.730. The van der Waals surface area contributed by atoms with Crippen LogP contribution in [-0.2, 0) is 0 Å². The highest BCUT2D eigenvalue weighted by atomic mass is 35.5. The molecule has 1 aliphatic heterocycles. The van der Waals surface area contributed by atoms with E-state index in [4.69, 9.17) is 23.2 Å². The summed E-state index contributed by atoms with van der Waals surface area (Å²) in [6, 6.07) is 5.94. The SMILES string of the molecule is CN(C)C(=O)NC1CCC(CC(O)N2CCN(c3cccc(Cl)c3Cl)CC2)CC1. The first-order valence-electron chi connectivity index (χ1n) is 10.4. The van der Waals surface area contributed by atoms with Crippen LogP contribution in [0, 0.1) is 5.92 Å². The Kier molecular flexibility index (Phi) is 7.91. The van der Waals surface area contributed by atoms with E-state index in [1.54, 1.807) is 25.1 Å². The summed E-state index contributed by atoms with van der Waals surface area (Å²) in [7, 11) is 3.52. The van der Waals surface area contributed by atoms with E-state index in [0.29, 0.717) is 16.0 Å². The van der Waals surface area contributed by atoms with Crippen molar-refractivity contribution in [3.63, 3.8) is 0 Å². The number of hydrogen-bond donors (Lipinski definition) is 2. The number of halogens is 2. The van der Waals surface area contributed by atoms with Gasteiger partial charge in [0.2, 0.25) is 0 Å². The zero-order valence-electron chi connectivity index (χ0n) is 17.3. The summed E-state index contributed by atoms with van der Waals surface area (Å²) >= 11 is 12.5. The molecule has 1 aromatic carbocycles. The monoisotopic (exact) mass is 442 g/mol. The fourth-order valence-electron chi connectivity index (χ4n) is 4.29. The topological polar surface area (TPSA) is 59.1 Å². The Morgan fingerprint density at radius 2 is 1.83 bits per heavy atom. The number of aliphatic hydroxyl groups is 1. The maximum absolute atomic E-state index is 11.8. The number of benzene rings is 1. The van der Waals surface area contributed by atoms with Gasteiger partial charge in [-0.3, -0.25) is 4.90 Å². The third-order valence-corrected chi connectivity index (χ3v) is 6.94. The van der Waals surface area contributed by atoms with Gasteiger partial charge in [-0.1, -0.05) is 29.3 Å². The van der Waals surface area contributed by atoms with Crippen LogP contribution in [0.4, 0.5) is 10.5 Å².